The first-order valence-corrected chi connectivity index (χ1v) is 10.6. The third-order valence-electron chi connectivity index (χ3n) is 5.32. The van der Waals surface area contributed by atoms with Crippen molar-refractivity contribution in [2.24, 2.45) is 0 Å². The molecule has 2 aromatic carbocycles. The van der Waals surface area contributed by atoms with Crippen LogP contribution in [0.2, 0.25) is 0 Å². The van der Waals surface area contributed by atoms with Gasteiger partial charge in [0.2, 0.25) is 0 Å². The van der Waals surface area contributed by atoms with Crippen LogP contribution in [0.3, 0.4) is 0 Å². The van der Waals surface area contributed by atoms with Gasteiger partial charge in [-0.15, -0.1) is 0 Å². The van der Waals surface area contributed by atoms with Crippen molar-refractivity contribution in [2.75, 3.05) is 33.8 Å². The van der Waals surface area contributed by atoms with Crippen molar-refractivity contribution in [3.63, 3.8) is 0 Å². The number of benzene rings is 2. The highest BCUT2D eigenvalue weighted by molar-refractivity contribution is 6.46. The summed E-state index contributed by atoms with van der Waals surface area (Å²) in [5, 5.41) is 11.1. The first-order valence-electron chi connectivity index (χ1n) is 10.6. The minimum atomic E-state index is -0.664. The molecule has 1 atom stereocenters. The molecule has 0 aromatic heterocycles. The molecule has 1 saturated heterocycles. The Bertz CT molecular complexity index is 953. The Balaban J connectivity index is 2.03. The lowest BCUT2D eigenvalue weighted by atomic mass is 9.95. The minimum absolute atomic E-state index is 0.112. The first kappa shape index (κ1) is 22.6. The van der Waals surface area contributed by atoms with E-state index in [9.17, 15) is 14.7 Å². The van der Waals surface area contributed by atoms with Crippen molar-refractivity contribution < 1.29 is 19.4 Å². The van der Waals surface area contributed by atoms with Crippen LogP contribution < -0.4 is 4.74 Å². The van der Waals surface area contributed by atoms with Gasteiger partial charge in [-0.2, -0.15) is 0 Å². The molecular weight excluding hydrogens is 392 g/mol. The summed E-state index contributed by atoms with van der Waals surface area (Å²) in [6, 6.07) is 15.7. The SMILES string of the molecule is CCCCOc1cccc(/C(O)=C2\C(=O)C(=O)N(CCN(C)C)C2c2ccccc2)c1. The maximum absolute atomic E-state index is 13.0. The van der Waals surface area contributed by atoms with E-state index in [0.717, 1.165) is 18.4 Å². The van der Waals surface area contributed by atoms with Crippen molar-refractivity contribution >= 4 is 17.4 Å². The average Bonchev–Trinajstić information content (AvgIpc) is 3.03. The van der Waals surface area contributed by atoms with Crippen molar-refractivity contribution in [2.45, 2.75) is 25.8 Å². The van der Waals surface area contributed by atoms with E-state index in [1.54, 1.807) is 23.1 Å². The number of amides is 1. The van der Waals surface area contributed by atoms with Crippen LogP contribution >= 0.6 is 0 Å². The summed E-state index contributed by atoms with van der Waals surface area (Å²) >= 11 is 0. The van der Waals surface area contributed by atoms with Crippen molar-refractivity contribution in [3.05, 3.63) is 71.3 Å². The summed E-state index contributed by atoms with van der Waals surface area (Å²) in [6.07, 6.45) is 1.95. The summed E-state index contributed by atoms with van der Waals surface area (Å²) in [5.41, 5.74) is 1.36. The van der Waals surface area contributed by atoms with Crippen LogP contribution in [0.25, 0.3) is 5.76 Å². The van der Waals surface area contributed by atoms with E-state index in [0.29, 0.717) is 31.0 Å². The molecular formula is C25H30N2O4. The minimum Gasteiger partial charge on any atom is -0.507 e. The number of carbonyl (C=O) groups is 2. The van der Waals surface area contributed by atoms with Crippen LogP contribution in [0.5, 0.6) is 5.75 Å². The summed E-state index contributed by atoms with van der Waals surface area (Å²) in [5.74, 6) is -0.814. The van der Waals surface area contributed by atoms with Crippen LogP contribution in [0, 0.1) is 0 Å². The normalized spacial score (nSPS) is 18.1. The number of Topliss-reactive ketones (excluding diaryl/α,β-unsaturated/α-hetero) is 1. The predicted molar refractivity (Wildman–Crippen MR) is 121 cm³/mol. The molecule has 1 unspecified atom stereocenters. The number of nitrogens with zero attached hydrogens (tertiary/aromatic N) is 2. The number of rotatable bonds is 9. The number of hydrogen-bond acceptors (Lipinski definition) is 5. The molecule has 1 fully saturated rings. The molecule has 0 aliphatic carbocycles. The average molecular weight is 423 g/mol. The smallest absolute Gasteiger partial charge is 0.295 e. The van der Waals surface area contributed by atoms with Gasteiger partial charge in [0.05, 0.1) is 18.2 Å². The molecule has 6 nitrogen and oxygen atoms in total. The zero-order chi connectivity index (χ0) is 22.4. The van der Waals surface area contributed by atoms with Gasteiger partial charge in [0.15, 0.2) is 0 Å². The van der Waals surface area contributed by atoms with Gasteiger partial charge in [0.25, 0.3) is 11.7 Å². The van der Waals surface area contributed by atoms with E-state index in [2.05, 4.69) is 6.92 Å². The van der Waals surface area contributed by atoms with Gasteiger partial charge >= 0.3 is 0 Å². The lowest BCUT2D eigenvalue weighted by Gasteiger charge is -2.26. The Hall–Kier alpha value is -3.12. The second-order valence-corrected chi connectivity index (χ2v) is 7.94. The fourth-order valence-electron chi connectivity index (χ4n) is 3.62. The van der Waals surface area contributed by atoms with Crippen LogP contribution in [-0.2, 0) is 9.59 Å². The third-order valence-corrected chi connectivity index (χ3v) is 5.32. The van der Waals surface area contributed by atoms with E-state index >= 15 is 0 Å². The van der Waals surface area contributed by atoms with Gasteiger partial charge in [-0.3, -0.25) is 9.59 Å². The number of unbranched alkanes of at least 4 members (excludes halogenated alkanes) is 1. The topological polar surface area (TPSA) is 70.1 Å². The van der Waals surface area contributed by atoms with E-state index in [-0.39, 0.29) is 11.3 Å². The van der Waals surface area contributed by atoms with Gasteiger partial charge < -0.3 is 19.6 Å². The molecule has 31 heavy (non-hydrogen) atoms. The molecule has 0 spiro atoms. The van der Waals surface area contributed by atoms with Gasteiger partial charge in [-0.25, -0.2) is 0 Å². The fraction of sp³-hybridized carbons (Fsp3) is 0.360. The van der Waals surface area contributed by atoms with E-state index in [1.807, 2.05) is 55.4 Å². The molecule has 1 amide bonds. The Morgan fingerprint density at radius 2 is 1.84 bits per heavy atom. The number of ketones is 1. The van der Waals surface area contributed by atoms with E-state index in [1.165, 1.54) is 0 Å². The lowest BCUT2D eigenvalue weighted by molar-refractivity contribution is -0.140. The highest BCUT2D eigenvalue weighted by atomic mass is 16.5. The van der Waals surface area contributed by atoms with Gasteiger partial charge in [0, 0.05) is 18.7 Å². The maximum atomic E-state index is 13.0. The molecule has 6 heteroatoms. The molecule has 2 aromatic rings. The lowest BCUT2D eigenvalue weighted by Crippen LogP contribution is -2.35. The monoisotopic (exact) mass is 422 g/mol. The van der Waals surface area contributed by atoms with Gasteiger partial charge in [-0.1, -0.05) is 55.8 Å². The quantitative estimate of drug-likeness (QED) is 0.288. The number of carbonyl (C=O) groups excluding carboxylic acids is 2. The van der Waals surface area contributed by atoms with E-state index in [4.69, 9.17) is 4.74 Å². The number of aliphatic hydroxyl groups is 1. The number of likely N-dealkylation sites (tertiary alicyclic amines) is 1. The largest absolute Gasteiger partial charge is 0.507 e. The van der Waals surface area contributed by atoms with Crippen LogP contribution in [0.4, 0.5) is 0 Å². The first-order chi connectivity index (χ1) is 14.9. The molecule has 3 rings (SSSR count). The van der Waals surface area contributed by atoms with Gasteiger partial charge in [-0.05, 0) is 38.2 Å². The van der Waals surface area contributed by atoms with Crippen LogP contribution in [0.15, 0.2) is 60.2 Å². The summed E-state index contributed by atoms with van der Waals surface area (Å²) < 4.78 is 5.74. The molecule has 0 radical (unpaired) electrons. The number of likely N-dealkylation sites (N-methyl/N-ethyl adjacent to an activating group) is 1. The Kier molecular flexibility index (Phi) is 7.47. The molecule has 0 saturated carbocycles. The summed E-state index contributed by atoms with van der Waals surface area (Å²) in [4.78, 5) is 29.4. The van der Waals surface area contributed by atoms with Gasteiger partial charge in [0.1, 0.15) is 11.5 Å². The number of aliphatic hydroxyl groups excluding tert-OH is 1. The molecule has 0 bridgehead atoms. The zero-order valence-electron chi connectivity index (χ0n) is 18.4. The zero-order valence-corrected chi connectivity index (χ0v) is 18.4. The molecule has 1 aliphatic rings. The molecule has 1 N–H and O–H groups in total. The Morgan fingerprint density at radius 1 is 1.10 bits per heavy atom. The fourth-order valence-corrected chi connectivity index (χ4v) is 3.62. The molecule has 1 aliphatic heterocycles. The highest BCUT2D eigenvalue weighted by Crippen LogP contribution is 2.39. The number of hydrogen-bond donors (Lipinski definition) is 1. The number of ether oxygens (including phenoxy) is 1. The molecule has 164 valence electrons. The second kappa shape index (κ2) is 10.3. The third kappa shape index (κ3) is 5.14. The highest BCUT2D eigenvalue weighted by Gasteiger charge is 2.45. The van der Waals surface area contributed by atoms with Crippen molar-refractivity contribution in [1.82, 2.24) is 9.80 Å². The summed E-state index contributed by atoms with van der Waals surface area (Å²) in [7, 11) is 3.83. The maximum Gasteiger partial charge on any atom is 0.295 e. The predicted octanol–water partition coefficient (Wildman–Crippen LogP) is 3.85. The van der Waals surface area contributed by atoms with Crippen LogP contribution in [0.1, 0.15) is 36.9 Å². The van der Waals surface area contributed by atoms with Crippen molar-refractivity contribution in [1.29, 1.82) is 0 Å². The summed E-state index contributed by atoms with van der Waals surface area (Å²) in [6.45, 7) is 3.66. The Morgan fingerprint density at radius 3 is 2.52 bits per heavy atom. The second-order valence-electron chi connectivity index (χ2n) is 7.94. The standard InChI is InChI=1S/C25H30N2O4/c1-4-5-16-31-20-13-9-12-19(17-20)23(28)21-22(18-10-7-6-8-11-18)27(15-14-26(2)3)25(30)24(21)29/h6-13,17,22,28H,4-5,14-16H2,1-3H3/b23-21+. The van der Waals surface area contributed by atoms with E-state index < -0.39 is 17.7 Å². The van der Waals surface area contributed by atoms with Crippen LogP contribution in [-0.4, -0.2) is 60.4 Å². The van der Waals surface area contributed by atoms with Crippen molar-refractivity contribution in [3.8, 4) is 5.75 Å². The Labute approximate surface area is 183 Å². The molecule has 1 heterocycles.